The van der Waals surface area contributed by atoms with Crippen LogP contribution in [0.2, 0.25) is 0 Å². The Kier molecular flexibility index (Phi) is 3.19. The molecule has 2 rings (SSSR count). The average Bonchev–Trinajstić information content (AvgIpc) is 2.64. The first-order valence-corrected chi connectivity index (χ1v) is 5.64. The van der Waals surface area contributed by atoms with Gasteiger partial charge in [0.25, 0.3) is 5.91 Å². The van der Waals surface area contributed by atoms with E-state index in [-0.39, 0.29) is 17.9 Å². The van der Waals surface area contributed by atoms with Crippen molar-refractivity contribution < 1.29 is 9.59 Å². The third kappa shape index (κ3) is 2.57. The van der Waals surface area contributed by atoms with E-state index >= 15 is 0 Å². The number of pyridine rings is 1. The number of nitrogens with zero attached hydrogens (tertiary/aromatic N) is 1. The van der Waals surface area contributed by atoms with Gasteiger partial charge in [-0.15, -0.1) is 0 Å². The Balaban J connectivity index is 2.00. The molecule has 84 valence electrons. The van der Waals surface area contributed by atoms with Gasteiger partial charge in [-0.2, -0.15) is 0 Å². The minimum Gasteiger partial charge on any atom is -0.354 e. The molecule has 0 radical (unpaired) electrons. The second-order valence-electron chi connectivity index (χ2n) is 3.52. The summed E-state index contributed by atoms with van der Waals surface area (Å²) in [5.41, 5.74) is 0.341. The molecule has 1 aliphatic heterocycles. The summed E-state index contributed by atoms with van der Waals surface area (Å²) in [5.74, 6) is -0.296. The summed E-state index contributed by atoms with van der Waals surface area (Å²) in [6.07, 6.45) is 0.333. The Hall–Kier alpha value is -1.43. The molecule has 0 bridgehead atoms. The monoisotopic (exact) mass is 283 g/mol. The van der Waals surface area contributed by atoms with Crippen molar-refractivity contribution in [2.45, 2.75) is 12.5 Å². The van der Waals surface area contributed by atoms with Crippen molar-refractivity contribution in [3.05, 3.63) is 28.5 Å². The molecule has 1 aromatic heterocycles. The number of nitrogens with one attached hydrogen (secondary N) is 2. The van der Waals surface area contributed by atoms with Gasteiger partial charge in [-0.25, -0.2) is 4.98 Å². The van der Waals surface area contributed by atoms with Gasteiger partial charge in [-0.1, -0.05) is 6.07 Å². The summed E-state index contributed by atoms with van der Waals surface area (Å²) in [5, 5.41) is 5.40. The van der Waals surface area contributed by atoms with Crippen molar-refractivity contribution in [1.82, 2.24) is 15.6 Å². The molecule has 0 aliphatic carbocycles. The van der Waals surface area contributed by atoms with Gasteiger partial charge in [0, 0.05) is 13.0 Å². The van der Waals surface area contributed by atoms with Crippen LogP contribution in [0.4, 0.5) is 0 Å². The molecule has 1 aliphatic rings. The zero-order valence-electron chi connectivity index (χ0n) is 8.37. The third-order valence-corrected chi connectivity index (χ3v) is 2.70. The van der Waals surface area contributed by atoms with E-state index in [4.69, 9.17) is 0 Å². The lowest BCUT2D eigenvalue weighted by Gasteiger charge is -2.09. The van der Waals surface area contributed by atoms with Crippen molar-refractivity contribution >= 4 is 27.7 Å². The fourth-order valence-electron chi connectivity index (χ4n) is 1.50. The SMILES string of the molecule is O=C1CC(NC(=O)c2cccc(Br)n2)CN1. The van der Waals surface area contributed by atoms with Crippen LogP contribution in [0.3, 0.4) is 0 Å². The van der Waals surface area contributed by atoms with E-state index in [0.717, 1.165) is 0 Å². The topological polar surface area (TPSA) is 71.1 Å². The molecule has 2 N–H and O–H groups in total. The molecule has 5 nitrogen and oxygen atoms in total. The van der Waals surface area contributed by atoms with E-state index in [2.05, 4.69) is 31.5 Å². The fourth-order valence-corrected chi connectivity index (χ4v) is 1.84. The first-order valence-electron chi connectivity index (χ1n) is 4.85. The van der Waals surface area contributed by atoms with Crippen LogP contribution in [0.5, 0.6) is 0 Å². The highest BCUT2D eigenvalue weighted by atomic mass is 79.9. The predicted octanol–water partition coefficient (Wildman–Crippen LogP) is 0.462. The highest BCUT2D eigenvalue weighted by Crippen LogP contribution is 2.07. The largest absolute Gasteiger partial charge is 0.354 e. The molecule has 0 spiro atoms. The lowest BCUT2D eigenvalue weighted by molar-refractivity contribution is -0.119. The van der Waals surface area contributed by atoms with Crippen molar-refractivity contribution in [3.63, 3.8) is 0 Å². The van der Waals surface area contributed by atoms with Crippen LogP contribution < -0.4 is 10.6 Å². The van der Waals surface area contributed by atoms with Crippen LogP contribution in [-0.2, 0) is 4.79 Å². The molecule has 6 heteroatoms. The maximum Gasteiger partial charge on any atom is 0.270 e. The number of halogens is 1. The summed E-state index contributed by atoms with van der Waals surface area (Å²) in [6, 6.07) is 4.98. The first-order chi connectivity index (χ1) is 7.65. The summed E-state index contributed by atoms with van der Waals surface area (Å²) >= 11 is 3.20. The summed E-state index contributed by atoms with van der Waals surface area (Å²) < 4.78 is 0.612. The zero-order chi connectivity index (χ0) is 11.5. The standard InChI is InChI=1S/C10H10BrN3O2/c11-8-3-1-2-7(14-8)10(16)13-6-4-9(15)12-5-6/h1-3,6H,4-5H2,(H,12,15)(H,13,16). The smallest absolute Gasteiger partial charge is 0.270 e. The fraction of sp³-hybridized carbons (Fsp3) is 0.300. The van der Waals surface area contributed by atoms with Gasteiger partial charge in [0.15, 0.2) is 0 Å². The van der Waals surface area contributed by atoms with E-state index in [0.29, 0.717) is 23.3 Å². The number of rotatable bonds is 2. The highest BCUT2D eigenvalue weighted by molar-refractivity contribution is 9.10. The molecule has 0 aromatic carbocycles. The molecule has 1 fully saturated rings. The maximum atomic E-state index is 11.7. The molecule has 1 aromatic rings. The van der Waals surface area contributed by atoms with E-state index in [1.54, 1.807) is 18.2 Å². The van der Waals surface area contributed by atoms with Crippen molar-refractivity contribution in [3.8, 4) is 0 Å². The van der Waals surface area contributed by atoms with Crippen LogP contribution in [0, 0.1) is 0 Å². The molecule has 0 saturated carbocycles. The van der Waals surface area contributed by atoms with Gasteiger partial charge in [0.1, 0.15) is 10.3 Å². The molecule has 1 saturated heterocycles. The molecular weight excluding hydrogens is 274 g/mol. The van der Waals surface area contributed by atoms with Crippen LogP contribution in [-0.4, -0.2) is 29.4 Å². The summed E-state index contributed by atoms with van der Waals surface area (Å²) in [4.78, 5) is 26.7. The van der Waals surface area contributed by atoms with E-state index < -0.39 is 0 Å². The molecule has 1 atom stereocenters. The minimum atomic E-state index is -0.261. The number of aromatic nitrogens is 1. The highest BCUT2D eigenvalue weighted by Gasteiger charge is 2.23. The van der Waals surface area contributed by atoms with Gasteiger partial charge >= 0.3 is 0 Å². The second-order valence-corrected chi connectivity index (χ2v) is 4.34. The normalized spacial score (nSPS) is 19.3. The van der Waals surface area contributed by atoms with Crippen LogP contribution in [0.15, 0.2) is 22.8 Å². The first kappa shape index (κ1) is 11.1. The third-order valence-electron chi connectivity index (χ3n) is 2.26. The quantitative estimate of drug-likeness (QED) is 0.775. The Morgan fingerprint density at radius 3 is 3.00 bits per heavy atom. The van der Waals surface area contributed by atoms with Crippen LogP contribution >= 0.6 is 15.9 Å². The Labute approximate surface area is 101 Å². The molecular formula is C10H10BrN3O2. The summed E-state index contributed by atoms with van der Waals surface area (Å²) in [7, 11) is 0. The number of hydrogen-bond donors (Lipinski definition) is 2. The molecule has 2 amide bonds. The average molecular weight is 284 g/mol. The Bertz CT molecular complexity index is 436. The Morgan fingerprint density at radius 1 is 1.56 bits per heavy atom. The van der Waals surface area contributed by atoms with Gasteiger partial charge in [-0.05, 0) is 28.1 Å². The minimum absolute atomic E-state index is 0.0347. The van der Waals surface area contributed by atoms with Crippen molar-refractivity contribution in [2.24, 2.45) is 0 Å². The second kappa shape index (κ2) is 4.61. The van der Waals surface area contributed by atoms with E-state index in [1.807, 2.05) is 0 Å². The van der Waals surface area contributed by atoms with Gasteiger partial charge in [0.05, 0.1) is 6.04 Å². The predicted molar refractivity (Wildman–Crippen MR) is 60.8 cm³/mol. The van der Waals surface area contributed by atoms with Gasteiger partial charge in [0.2, 0.25) is 5.91 Å². The Morgan fingerprint density at radius 2 is 2.38 bits per heavy atom. The number of hydrogen-bond acceptors (Lipinski definition) is 3. The summed E-state index contributed by atoms with van der Waals surface area (Å²) in [6.45, 7) is 0.485. The number of carbonyl (C=O) groups is 2. The lowest BCUT2D eigenvalue weighted by Crippen LogP contribution is -2.36. The van der Waals surface area contributed by atoms with E-state index in [9.17, 15) is 9.59 Å². The van der Waals surface area contributed by atoms with Crippen LogP contribution in [0.1, 0.15) is 16.9 Å². The lowest BCUT2D eigenvalue weighted by atomic mass is 10.2. The number of amides is 2. The van der Waals surface area contributed by atoms with Gasteiger partial charge < -0.3 is 10.6 Å². The van der Waals surface area contributed by atoms with Gasteiger partial charge in [-0.3, -0.25) is 9.59 Å². The van der Waals surface area contributed by atoms with Crippen molar-refractivity contribution in [2.75, 3.05) is 6.54 Å². The number of carbonyl (C=O) groups excluding carboxylic acids is 2. The van der Waals surface area contributed by atoms with E-state index in [1.165, 1.54) is 0 Å². The molecule has 2 heterocycles. The van der Waals surface area contributed by atoms with Crippen molar-refractivity contribution in [1.29, 1.82) is 0 Å². The molecule has 1 unspecified atom stereocenters. The van der Waals surface area contributed by atoms with Crippen LogP contribution in [0.25, 0.3) is 0 Å². The zero-order valence-corrected chi connectivity index (χ0v) is 9.95. The molecule has 16 heavy (non-hydrogen) atoms. The maximum absolute atomic E-state index is 11.7.